The number of nitrogens with two attached hydrogens (primary N) is 1. The Labute approximate surface area is 114 Å². The van der Waals surface area contributed by atoms with Crippen LogP contribution < -0.4 is 16.6 Å². The maximum atomic E-state index is 12.1. The molecule has 0 aromatic carbocycles. The van der Waals surface area contributed by atoms with Crippen molar-refractivity contribution < 1.29 is 4.79 Å². The maximum absolute atomic E-state index is 12.1. The van der Waals surface area contributed by atoms with Gasteiger partial charge < -0.3 is 10.7 Å². The van der Waals surface area contributed by atoms with E-state index in [4.69, 9.17) is 5.84 Å². The topological polar surface area (TPSA) is 92.9 Å². The van der Waals surface area contributed by atoms with E-state index >= 15 is 0 Å². The third-order valence-corrected chi connectivity index (χ3v) is 2.89. The van der Waals surface area contributed by atoms with Gasteiger partial charge in [0.2, 0.25) is 0 Å². The van der Waals surface area contributed by atoms with Gasteiger partial charge in [-0.1, -0.05) is 33.1 Å². The Bertz CT molecular complexity index is 396. The Morgan fingerprint density at radius 1 is 1.32 bits per heavy atom. The predicted octanol–water partition coefficient (Wildman–Crippen LogP) is 1.85. The highest BCUT2D eigenvalue weighted by Gasteiger charge is 2.14. The average molecular weight is 265 g/mol. The van der Waals surface area contributed by atoms with Gasteiger partial charge in [-0.25, -0.2) is 10.8 Å². The van der Waals surface area contributed by atoms with E-state index in [1.165, 1.54) is 12.4 Å². The number of nitrogens with one attached hydrogen (secondary N) is 2. The van der Waals surface area contributed by atoms with Crippen LogP contribution in [0.3, 0.4) is 0 Å². The number of hydrazine groups is 1. The van der Waals surface area contributed by atoms with Crippen molar-refractivity contribution in [3.63, 3.8) is 0 Å². The molecule has 1 rings (SSSR count). The Morgan fingerprint density at radius 3 is 2.74 bits per heavy atom. The van der Waals surface area contributed by atoms with Crippen LogP contribution in [0.25, 0.3) is 0 Å². The fourth-order valence-electron chi connectivity index (χ4n) is 1.89. The minimum atomic E-state index is -0.195. The zero-order valence-electron chi connectivity index (χ0n) is 11.6. The van der Waals surface area contributed by atoms with Gasteiger partial charge >= 0.3 is 0 Å². The first-order valence-corrected chi connectivity index (χ1v) is 6.80. The number of nitrogens with zero attached hydrogens (tertiary/aromatic N) is 2. The molecule has 0 saturated carbocycles. The Kier molecular flexibility index (Phi) is 6.81. The number of nitrogen functional groups attached to an aromatic ring is 1. The molecule has 106 valence electrons. The third-order valence-electron chi connectivity index (χ3n) is 2.89. The summed E-state index contributed by atoms with van der Waals surface area (Å²) in [6.07, 6.45) is 8.18. The third kappa shape index (κ3) is 5.21. The van der Waals surface area contributed by atoms with E-state index in [0.717, 1.165) is 32.1 Å². The molecule has 0 aliphatic heterocycles. The normalized spacial score (nSPS) is 11.9. The van der Waals surface area contributed by atoms with Crippen molar-refractivity contribution in [3.05, 3.63) is 18.1 Å². The number of carbonyl (C=O) groups excluding carboxylic acids is 1. The van der Waals surface area contributed by atoms with E-state index < -0.39 is 0 Å². The lowest BCUT2D eigenvalue weighted by Gasteiger charge is -2.17. The number of unbranched alkanes of at least 4 members (excludes halogenated alkanes) is 1. The lowest BCUT2D eigenvalue weighted by atomic mass is 10.1. The molecule has 0 aliphatic carbocycles. The first-order chi connectivity index (χ1) is 9.21. The second-order valence-electron chi connectivity index (χ2n) is 4.54. The Morgan fingerprint density at radius 2 is 2.11 bits per heavy atom. The summed E-state index contributed by atoms with van der Waals surface area (Å²) in [4.78, 5) is 20.1. The quantitative estimate of drug-likeness (QED) is 0.492. The van der Waals surface area contributed by atoms with Crippen molar-refractivity contribution in [1.29, 1.82) is 0 Å². The molecule has 19 heavy (non-hydrogen) atoms. The van der Waals surface area contributed by atoms with Crippen molar-refractivity contribution in [2.75, 3.05) is 5.43 Å². The largest absolute Gasteiger partial charge is 0.348 e. The molecule has 1 aromatic heterocycles. The lowest BCUT2D eigenvalue weighted by molar-refractivity contribution is 0.0927. The monoisotopic (exact) mass is 265 g/mol. The molecule has 1 unspecified atom stereocenters. The summed E-state index contributed by atoms with van der Waals surface area (Å²) in [6, 6.07) is 0.203. The standard InChI is InChI=1S/C13H23N5O/c1-3-5-7-10(6-4-2)16-13(19)11-8-15-9-12(17-11)18-14/h8-10H,3-7,14H2,1-2H3,(H,16,19)(H,17,18). The van der Waals surface area contributed by atoms with E-state index in [1.807, 2.05) is 0 Å². The highest BCUT2D eigenvalue weighted by Crippen LogP contribution is 2.08. The molecule has 0 bridgehead atoms. The van der Waals surface area contributed by atoms with Crippen LogP contribution in [-0.2, 0) is 0 Å². The van der Waals surface area contributed by atoms with Crippen molar-refractivity contribution >= 4 is 11.7 Å². The van der Waals surface area contributed by atoms with E-state index in [-0.39, 0.29) is 17.6 Å². The van der Waals surface area contributed by atoms with Crippen LogP contribution in [0.5, 0.6) is 0 Å². The van der Waals surface area contributed by atoms with Crippen LogP contribution in [0, 0.1) is 0 Å². The molecule has 4 N–H and O–H groups in total. The van der Waals surface area contributed by atoms with Gasteiger partial charge in [0.25, 0.3) is 5.91 Å². The molecule has 1 atom stereocenters. The molecule has 0 aliphatic rings. The Hall–Kier alpha value is -1.69. The van der Waals surface area contributed by atoms with Crippen molar-refractivity contribution in [3.8, 4) is 0 Å². The van der Waals surface area contributed by atoms with Crippen LogP contribution in [0.4, 0.5) is 5.82 Å². The summed E-state index contributed by atoms with van der Waals surface area (Å²) in [7, 11) is 0. The molecular formula is C13H23N5O. The molecule has 0 saturated heterocycles. The number of anilines is 1. The number of hydrogen-bond donors (Lipinski definition) is 3. The number of rotatable bonds is 8. The van der Waals surface area contributed by atoms with E-state index in [1.54, 1.807) is 0 Å². The van der Waals surface area contributed by atoms with Gasteiger partial charge in [-0.3, -0.25) is 9.78 Å². The summed E-state index contributed by atoms with van der Waals surface area (Å²) in [5, 5.41) is 3.01. The van der Waals surface area contributed by atoms with E-state index in [2.05, 4.69) is 34.6 Å². The summed E-state index contributed by atoms with van der Waals surface area (Å²) in [5.41, 5.74) is 2.67. The molecule has 0 radical (unpaired) electrons. The van der Waals surface area contributed by atoms with Gasteiger partial charge in [-0.15, -0.1) is 0 Å². The number of carbonyl (C=O) groups is 1. The van der Waals surface area contributed by atoms with Crippen LogP contribution in [0.2, 0.25) is 0 Å². The zero-order valence-corrected chi connectivity index (χ0v) is 11.6. The second kappa shape index (κ2) is 8.42. The molecule has 1 aromatic rings. The molecule has 1 amide bonds. The van der Waals surface area contributed by atoms with Gasteiger partial charge in [0.15, 0.2) is 5.82 Å². The zero-order chi connectivity index (χ0) is 14.1. The van der Waals surface area contributed by atoms with Crippen LogP contribution >= 0.6 is 0 Å². The lowest BCUT2D eigenvalue weighted by Crippen LogP contribution is -2.35. The van der Waals surface area contributed by atoms with E-state index in [9.17, 15) is 4.79 Å². The van der Waals surface area contributed by atoms with Gasteiger partial charge in [0, 0.05) is 6.04 Å². The van der Waals surface area contributed by atoms with Crippen LogP contribution in [-0.4, -0.2) is 21.9 Å². The molecule has 6 nitrogen and oxygen atoms in total. The van der Waals surface area contributed by atoms with Crippen molar-refractivity contribution in [1.82, 2.24) is 15.3 Å². The molecule has 6 heteroatoms. The number of hydrogen-bond acceptors (Lipinski definition) is 5. The van der Waals surface area contributed by atoms with Gasteiger partial charge in [-0.05, 0) is 12.8 Å². The first-order valence-electron chi connectivity index (χ1n) is 6.80. The molecule has 1 heterocycles. The smallest absolute Gasteiger partial charge is 0.271 e. The van der Waals surface area contributed by atoms with Crippen molar-refractivity contribution in [2.45, 2.75) is 52.0 Å². The Balaban J connectivity index is 2.64. The fraction of sp³-hybridized carbons (Fsp3) is 0.615. The predicted molar refractivity (Wildman–Crippen MR) is 75.5 cm³/mol. The fourth-order valence-corrected chi connectivity index (χ4v) is 1.89. The minimum absolute atomic E-state index is 0.195. The average Bonchev–Trinajstić information content (AvgIpc) is 2.45. The molecule has 0 spiro atoms. The minimum Gasteiger partial charge on any atom is -0.348 e. The van der Waals surface area contributed by atoms with Gasteiger partial charge in [0.1, 0.15) is 5.69 Å². The molecule has 0 fully saturated rings. The SMILES string of the molecule is CCCCC(CCC)NC(=O)c1cncc(NN)n1. The summed E-state index contributed by atoms with van der Waals surface area (Å²) in [6.45, 7) is 4.26. The van der Waals surface area contributed by atoms with Gasteiger partial charge in [-0.2, -0.15) is 0 Å². The van der Waals surface area contributed by atoms with Crippen LogP contribution in [0.15, 0.2) is 12.4 Å². The summed E-state index contributed by atoms with van der Waals surface area (Å²) < 4.78 is 0. The number of amides is 1. The first kappa shape index (κ1) is 15.4. The highest BCUT2D eigenvalue weighted by atomic mass is 16.1. The van der Waals surface area contributed by atoms with Gasteiger partial charge in [0.05, 0.1) is 12.4 Å². The number of aromatic nitrogens is 2. The summed E-state index contributed by atoms with van der Waals surface area (Å²) in [5.74, 6) is 5.44. The second-order valence-corrected chi connectivity index (χ2v) is 4.54. The van der Waals surface area contributed by atoms with E-state index in [0.29, 0.717) is 5.82 Å². The van der Waals surface area contributed by atoms with Crippen LogP contribution in [0.1, 0.15) is 56.4 Å². The molecular weight excluding hydrogens is 242 g/mol. The highest BCUT2D eigenvalue weighted by molar-refractivity contribution is 5.92. The van der Waals surface area contributed by atoms with Crippen molar-refractivity contribution in [2.24, 2.45) is 5.84 Å². The summed E-state index contributed by atoms with van der Waals surface area (Å²) >= 11 is 0. The maximum Gasteiger partial charge on any atom is 0.271 e.